The summed E-state index contributed by atoms with van der Waals surface area (Å²) in [4.78, 5) is 0. The summed E-state index contributed by atoms with van der Waals surface area (Å²) in [6.45, 7) is 8.71. The third-order valence-electron chi connectivity index (χ3n) is 9.64. The SMILES string of the molecule is CC1(C)OCC([C@H]2O[C@@H]3OC(C)(C)OC3[C@H]2O[C@@H]2OC3COC(c4ccccc4)O[C@H]3[C@H](OCc3ccccc3)C2OCc2ccccc2)O1. The summed E-state index contributed by atoms with van der Waals surface area (Å²) in [5.41, 5.74) is 2.93. The molecule has 11 nitrogen and oxygen atoms in total. The summed E-state index contributed by atoms with van der Waals surface area (Å²) >= 11 is 0. The van der Waals surface area contributed by atoms with Gasteiger partial charge >= 0.3 is 0 Å². The monoisotopic (exact) mass is 690 g/mol. The summed E-state index contributed by atoms with van der Waals surface area (Å²) in [7, 11) is 0. The van der Waals surface area contributed by atoms with E-state index in [4.69, 9.17) is 52.1 Å². The minimum Gasteiger partial charge on any atom is -0.368 e. The van der Waals surface area contributed by atoms with Gasteiger partial charge in [-0.1, -0.05) is 91.0 Å². The van der Waals surface area contributed by atoms with Crippen molar-refractivity contribution in [3.05, 3.63) is 108 Å². The average Bonchev–Trinajstić information content (AvgIpc) is 3.75. The van der Waals surface area contributed by atoms with E-state index in [-0.39, 0.29) is 6.61 Å². The molecule has 0 spiro atoms. The van der Waals surface area contributed by atoms with Crippen LogP contribution in [0.3, 0.4) is 0 Å². The molecule has 0 bridgehead atoms. The lowest BCUT2D eigenvalue weighted by Crippen LogP contribution is -2.64. The molecule has 5 heterocycles. The van der Waals surface area contributed by atoms with Gasteiger partial charge in [0.05, 0.1) is 26.4 Å². The Kier molecular flexibility index (Phi) is 9.83. The maximum atomic E-state index is 6.99. The van der Waals surface area contributed by atoms with Gasteiger partial charge in [0, 0.05) is 5.56 Å². The van der Waals surface area contributed by atoms with Crippen molar-refractivity contribution in [2.24, 2.45) is 0 Å². The molecule has 0 saturated carbocycles. The van der Waals surface area contributed by atoms with Crippen molar-refractivity contribution < 1.29 is 52.1 Å². The molecule has 3 aromatic rings. The van der Waals surface area contributed by atoms with E-state index < -0.39 is 79.3 Å². The molecule has 268 valence electrons. The second-order valence-corrected chi connectivity index (χ2v) is 14.3. The molecule has 5 unspecified atom stereocenters. The number of benzene rings is 3. The second-order valence-electron chi connectivity index (χ2n) is 14.3. The minimum atomic E-state index is -0.918. The Morgan fingerprint density at radius 3 is 1.84 bits per heavy atom. The van der Waals surface area contributed by atoms with Gasteiger partial charge in [0.15, 0.2) is 30.4 Å². The molecule has 50 heavy (non-hydrogen) atoms. The van der Waals surface area contributed by atoms with Crippen LogP contribution < -0.4 is 0 Å². The van der Waals surface area contributed by atoms with Crippen LogP contribution in [-0.4, -0.2) is 86.2 Å². The van der Waals surface area contributed by atoms with Gasteiger partial charge in [0.25, 0.3) is 0 Å². The van der Waals surface area contributed by atoms with E-state index in [1.165, 1.54) is 0 Å². The zero-order valence-corrected chi connectivity index (χ0v) is 28.8. The fraction of sp³-hybridized carbons (Fsp3) is 0.538. The van der Waals surface area contributed by atoms with Crippen LogP contribution in [0.1, 0.15) is 50.7 Å². The molecule has 0 radical (unpaired) electrons. The van der Waals surface area contributed by atoms with E-state index in [9.17, 15) is 0 Å². The van der Waals surface area contributed by atoms with Crippen LogP contribution in [0.15, 0.2) is 91.0 Å². The Hall–Kier alpha value is -2.78. The van der Waals surface area contributed by atoms with Crippen LogP contribution in [0.25, 0.3) is 0 Å². The van der Waals surface area contributed by atoms with Gasteiger partial charge in [0.2, 0.25) is 0 Å². The molecule has 5 aliphatic rings. The fourth-order valence-electron chi connectivity index (χ4n) is 7.33. The maximum Gasteiger partial charge on any atom is 0.190 e. The van der Waals surface area contributed by atoms with E-state index in [1.54, 1.807) is 0 Å². The highest BCUT2D eigenvalue weighted by atomic mass is 16.9. The van der Waals surface area contributed by atoms with Crippen LogP contribution in [0, 0.1) is 0 Å². The Morgan fingerprint density at radius 2 is 1.20 bits per heavy atom. The molecule has 0 N–H and O–H groups in total. The van der Waals surface area contributed by atoms with E-state index in [2.05, 4.69) is 0 Å². The standard InChI is InChI=1S/C39H46O11/c1-38(2)43-23-28(48-38)30-32(34-37(46-30)50-39(3,4)49-34)47-36-33(41-21-25-16-10-6-11-17-25)31(40-20-24-14-8-5-9-15-24)29-27(44-36)22-42-35(45-29)26-18-12-7-13-19-26/h5-19,27-37H,20-23H2,1-4H3/t27?,28?,29-,30-,31+,32+,33?,34?,35?,36+,37-/m1/s1. The van der Waals surface area contributed by atoms with Crippen molar-refractivity contribution in [1.82, 2.24) is 0 Å². The third-order valence-corrected chi connectivity index (χ3v) is 9.64. The number of rotatable bonds is 10. The van der Waals surface area contributed by atoms with Gasteiger partial charge in [-0.15, -0.1) is 0 Å². The molecule has 11 atom stereocenters. The smallest absolute Gasteiger partial charge is 0.190 e. The number of hydrogen-bond donors (Lipinski definition) is 0. The zero-order valence-electron chi connectivity index (χ0n) is 28.8. The quantitative estimate of drug-likeness (QED) is 0.273. The van der Waals surface area contributed by atoms with E-state index in [0.29, 0.717) is 19.8 Å². The van der Waals surface area contributed by atoms with E-state index in [0.717, 1.165) is 16.7 Å². The van der Waals surface area contributed by atoms with Gasteiger partial charge in [-0.2, -0.15) is 0 Å². The summed E-state index contributed by atoms with van der Waals surface area (Å²) in [6.07, 6.45) is -6.73. The predicted octanol–water partition coefficient (Wildman–Crippen LogP) is 5.41. The largest absolute Gasteiger partial charge is 0.368 e. The summed E-state index contributed by atoms with van der Waals surface area (Å²) < 4.78 is 71.5. The van der Waals surface area contributed by atoms with Gasteiger partial charge < -0.3 is 52.1 Å². The first-order valence-electron chi connectivity index (χ1n) is 17.5. The molecule has 5 saturated heterocycles. The van der Waals surface area contributed by atoms with Gasteiger partial charge in [-0.3, -0.25) is 0 Å². The van der Waals surface area contributed by atoms with Crippen molar-refractivity contribution in [3.8, 4) is 0 Å². The molecule has 0 aromatic heterocycles. The van der Waals surface area contributed by atoms with Gasteiger partial charge in [-0.05, 0) is 38.8 Å². The Morgan fingerprint density at radius 1 is 0.580 bits per heavy atom. The topological polar surface area (TPSA) is 102 Å². The molecule has 5 aliphatic heterocycles. The predicted molar refractivity (Wildman–Crippen MR) is 177 cm³/mol. The lowest BCUT2D eigenvalue weighted by atomic mass is 9.96. The Balaban J connectivity index is 1.12. The van der Waals surface area contributed by atoms with E-state index >= 15 is 0 Å². The number of fused-ring (bicyclic) bond motifs is 2. The van der Waals surface area contributed by atoms with Crippen molar-refractivity contribution in [2.45, 2.75) is 120 Å². The van der Waals surface area contributed by atoms with Gasteiger partial charge in [-0.25, -0.2) is 0 Å². The Labute approximate surface area is 292 Å². The average molecular weight is 691 g/mol. The normalized spacial score (nSPS) is 37.3. The molecular formula is C39H46O11. The molecule has 8 rings (SSSR count). The van der Waals surface area contributed by atoms with Crippen LogP contribution in [0.2, 0.25) is 0 Å². The highest BCUT2D eigenvalue weighted by Crippen LogP contribution is 2.44. The second kappa shape index (κ2) is 14.3. The lowest BCUT2D eigenvalue weighted by Gasteiger charge is -2.49. The molecular weight excluding hydrogens is 644 g/mol. The summed E-state index contributed by atoms with van der Waals surface area (Å²) in [5, 5.41) is 0. The molecule has 0 amide bonds. The van der Waals surface area contributed by atoms with Crippen LogP contribution in [-0.2, 0) is 65.3 Å². The first-order chi connectivity index (χ1) is 24.2. The van der Waals surface area contributed by atoms with Crippen LogP contribution >= 0.6 is 0 Å². The Bertz CT molecular complexity index is 1540. The highest BCUT2D eigenvalue weighted by Gasteiger charge is 2.61. The first kappa shape index (κ1) is 34.3. The highest BCUT2D eigenvalue weighted by molar-refractivity contribution is 5.18. The van der Waals surface area contributed by atoms with Gasteiger partial charge in [0.1, 0.15) is 48.8 Å². The molecule has 0 aliphatic carbocycles. The molecule has 11 heteroatoms. The summed E-state index contributed by atoms with van der Waals surface area (Å²) in [6, 6.07) is 29.9. The fourth-order valence-corrected chi connectivity index (χ4v) is 7.33. The number of ether oxygens (including phenoxy) is 11. The van der Waals surface area contributed by atoms with Crippen molar-refractivity contribution in [3.63, 3.8) is 0 Å². The van der Waals surface area contributed by atoms with Crippen molar-refractivity contribution in [2.75, 3.05) is 13.2 Å². The summed E-state index contributed by atoms with van der Waals surface area (Å²) in [5.74, 6) is -1.63. The van der Waals surface area contributed by atoms with E-state index in [1.807, 2.05) is 119 Å². The lowest BCUT2D eigenvalue weighted by molar-refractivity contribution is -0.381. The van der Waals surface area contributed by atoms with Crippen LogP contribution in [0.5, 0.6) is 0 Å². The zero-order chi connectivity index (χ0) is 34.3. The van der Waals surface area contributed by atoms with Crippen molar-refractivity contribution in [1.29, 1.82) is 0 Å². The maximum absolute atomic E-state index is 6.99. The minimum absolute atomic E-state index is 0.262. The van der Waals surface area contributed by atoms with Crippen molar-refractivity contribution >= 4 is 0 Å². The number of hydrogen-bond acceptors (Lipinski definition) is 11. The molecule has 3 aromatic carbocycles. The van der Waals surface area contributed by atoms with Crippen LogP contribution in [0.4, 0.5) is 0 Å². The molecule has 5 fully saturated rings. The third kappa shape index (κ3) is 7.41. The first-order valence-corrected chi connectivity index (χ1v) is 17.5.